The van der Waals surface area contributed by atoms with Gasteiger partial charge in [-0.3, -0.25) is 9.59 Å². The Morgan fingerprint density at radius 1 is 0.848 bits per heavy atom. The van der Waals surface area contributed by atoms with Gasteiger partial charge >= 0.3 is 5.97 Å². The minimum absolute atomic E-state index is 0.00848. The van der Waals surface area contributed by atoms with Gasteiger partial charge in [-0.2, -0.15) is 9.78 Å². The maximum atomic E-state index is 13.0. The molecule has 0 N–H and O–H groups in total. The van der Waals surface area contributed by atoms with Crippen LogP contribution in [0.3, 0.4) is 0 Å². The van der Waals surface area contributed by atoms with Crippen molar-refractivity contribution in [3.8, 4) is 5.69 Å². The number of aromatic nitrogens is 2. The molecule has 1 aliphatic rings. The van der Waals surface area contributed by atoms with Crippen molar-refractivity contribution in [3.63, 3.8) is 0 Å². The van der Waals surface area contributed by atoms with Gasteiger partial charge in [0, 0.05) is 18.5 Å². The van der Waals surface area contributed by atoms with Crippen molar-refractivity contribution in [1.82, 2.24) is 14.7 Å². The molecule has 33 heavy (non-hydrogen) atoms. The first-order valence-corrected chi connectivity index (χ1v) is 10.7. The van der Waals surface area contributed by atoms with Crippen LogP contribution >= 0.6 is 0 Å². The highest BCUT2D eigenvalue weighted by Crippen LogP contribution is 2.19. The van der Waals surface area contributed by atoms with Gasteiger partial charge in [0.15, 0.2) is 12.3 Å². The molecule has 0 bridgehead atoms. The summed E-state index contributed by atoms with van der Waals surface area (Å²) >= 11 is 0. The van der Waals surface area contributed by atoms with Gasteiger partial charge < -0.3 is 9.64 Å². The number of carbonyl (C=O) groups excluding carboxylic acids is 2. The van der Waals surface area contributed by atoms with E-state index in [0.29, 0.717) is 29.5 Å². The van der Waals surface area contributed by atoms with Crippen molar-refractivity contribution < 1.29 is 14.3 Å². The van der Waals surface area contributed by atoms with E-state index in [1.807, 2.05) is 24.3 Å². The lowest BCUT2D eigenvalue weighted by Crippen LogP contribution is -2.38. The molecule has 0 saturated carbocycles. The molecular formula is C26H21N3O4. The number of carbonyl (C=O) groups is 2. The molecule has 0 spiro atoms. The normalized spacial score (nSPS) is 12.9. The number of amides is 1. The van der Waals surface area contributed by atoms with Crippen molar-refractivity contribution in [2.75, 3.05) is 13.2 Å². The lowest BCUT2D eigenvalue weighted by molar-refractivity contribution is -0.135. The second-order valence-electron chi connectivity index (χ2n) is 7.86. The standard InChI is InChI=1S/C26H21N3O4/c30-23(28-15-14-18-8-4-5-9-19(18)16-28)17-33-26(32)24-21-12-6-7-13-22(21)25(31)29(27-24)20-10-2-1-3-11-20/h1-13H,14-17H2. The lowest BCUT2D eigenvalue weighted by Gasteiger charge is -2.28. The second-order valence-corrected chi connectivity index (χ2v) is 7.86. The fraction of sp³-hybridized carbons (Fsp3) is 0.154. The summed E-state index contributed by atoms with van der Waals surface area (Å²) in [6, 6.07) is 23.6. The smallest absolute Gasteiger partial charge is 0.359 e. The molecule has 0 aliphatic carbocycles. The van der Waals surface area contributed by atoms with Gasteiger partial charge in [0.25, 0.3) is 11.5 Å². The van der Waals surface area contributed by atoms with Crippen LogP contribution in [0.1, 0.15) is 21.6 Å². The summed E-state index contributed by atoms with van der Waals surface area (Å²) in [4.78, 5) is 40.3. The Bertz CT molecular complexity index is 1410. The minimum atomic E-state index is -0.748. The quantitative estimate of drug-likeness (QED) is 0.457. The van der Waals surface area contributed by atoms with Gasteiger partial charge in [-0.1, -0.05) is 60.7 Å². The molecule has 0 atom stereocenters. The van der Waals surface area contributed by atoms with Crippen LogP contribution < -0.4 is 5.56 Å². The molecule has 7 nitrogen and oxygen atoms in total. The number of nitrogens with zero attached hydrogens (tertiary/aromatic N) is 3. The van der Waals surface area contributed by atoms with Crippen LogP contribution in [0.4, 0.5) is 0 Å². The van der Waals surface area contributed by atoms with E-state index in [2.05, 4.69) is 11.2 Å². The number of esters is 1. The fourth-order valence-corrected chi connectivity index (χ4v) is 4.08. The summed E-state index contributed by atoms with van der Waals surface area (Å²) in [5.74, 6) is -1.01. The highest BCUT2D eigenvalue weighted by Gasteiger charge is 2.23. The van der Waals surface area contributed by atoms with Crippen LogP contribution in [0, 0.1) is 0 Å². The van der Waals surface area contributed by atoms with Gasteiger partial charge in [0.1, 0.15) is 0 Å². The molecule has 1 aromatic heterocycles. The van der Waals surface area contributed by atoms with Gasteiger partial charge in [-0.05, 0) is 35.7 Å². The lowest BCUT2D eigenvalue weighted by atomic mass is 10.00. The third-order valence-corrected chi connectivity index (χ3v) is 5.81. The Hall–Kier alpha value is -4.26. The van der Waals surface area contributed by atoms with Gasteiger partial charge in [-0.15, -0.1) is 0 Å². The molecule has 4 aromatic rings. The third kappa shape index (κ3) is 4.01. The van der Waals surface area contributed by atoms with Crippen LogP contribution in [0.25, 0.3) is 16.5 Å². The molecule has 1 aliphatic heterocycles. The Kier molecular flexibility index (Phi) is 5.44. The predicted octanol–water partition coefficient (Wildman–Crippen LogP) is 3.13. The number of ether oxygens (including phenoxy) is 1. The van der Waals surface area contributed by atoms with Gasteiger partial charge in [0.2, 0.25) is 0 Å². The monoisotopic (exact) mass is 439 g/mol. The number of fused-ring (bicyclic) bond motifs is 2. The van der Waals surface area contributed by atoms with Crippen molar-refractivity contribution >= 4 is 22.6 Å². The average Bonchev–Trinajstić information content (AvgIpc) is 2.87. The molecule has 2 heterocycles. The molecule has 164 valence electrons. The zero-order valence-corrected chi connectivity index (χ0v) is 17.8. The molecule has 1 amide bonds. The van der Waals surface area contributed by atoms with Crippen LogP contribution in [-0.4, -0.2) is 39.7 Å². The largest absolute Gasteiger partial charge is 0.451 e. The summed E-state index contributed by atoms with van der Waals surface area (Å²) in [6.45, 7) is 0.682. The number of benzene rings is 3. The maximum Gasteiger partial charge on any atom is 0.359 e. The zero-order chi connectivity index (χ0) is 22.8. The van der Waals surface area contributed by atoms with Crippen molar-refractivity contribution in [2.45, 2.75) is 13.0 Å². The summed E-state index contributed by atoms with van der Waals surface area (Å²) in [7, 11) is 0. The number of rotatable bonds is 4. The van der Waals surface area contributed by atoms with Crippen molar-refractivity contribution in [1.29, 1.82) is 0 Å². The first-order valence-electron chi connectivity index (χ1n) is 10.7. The van der Waals surface area contributed by atoms with Gasteiger partial charge in [-0.25, -0.2) is 4.79 Å². The van der Waals surface area contributed by atoms with E-state index in [-0.39, 0.29) is 23.8 Å². The summed E-state index contributed by atoms with van der Waals surface area (Å²) in [5.41, 5.74) is 2.52. The summed E-state index contributed by atoms with van der Waals surface area (Å²) in [5, 5.41) is 5.03. The van der Waals surface area contributed by atoms with E-state index >= 15 is 0 Å². The van der Waals surface area contributed by atoms with E-state index in [0.717, 1.165) is 12.0 Å². The molecule has 3 aromatic carbocycles. The van der Waals surface area contributed by atoms with Crippen molar-refractivity contribution in [3.05, 3.63) is 106 Å². The predicted molar refractivity (Wildman–Crippen MR) is 123 cm³/mol. The first kappa shape index (κ1) is 20.6. The third-order valence-electron chi connectivity index (χ3n) is 5.81. The molecular weight excluding hydrogens is 418 g/mol. The second kappa shape index (κ2) is 8.70. The van der Waals surface area contributed by atoms with Crippen LogP contribution in [0.5, 0.6) is 0 Å². The first-order chi connectivity index (χ1) is 16.1. The SMILES string of the molecule is O=C(OCC(=O)N1CCc2ccccc2C1)c1nn(-c2ccccc2)c(=O)c2ccccc12. The maximum absolute atomic E-state index is 13.0. The molecule has 0 unspecified atom stereocenters. The fourth-order valence-electron chi connectivity index (χ4n) is 4.08. The van der Waals surface area contributed by atoms with E-state index in [1.54, 1.807) is 53.4 Å². The highest BCUT2D eigenvalue weighted by atomic mass is 16.5. The molecule has 0 radical (unpaired) electrons. The van der Waals surface area contributed by atoms with E-state index in [4.69, 9.17) is 4.74 Å². The molecule has 0 saturated heterocycles. The topological polar surface area (TPSA) is 81.5 Å². The van der Waals surface area contributed by atoms with E-state index in [9.17, 15) is 14.4 Å². The van der Waals surface area contributed by atoms with Gasteiger partial charge in [0.05, 0.1) is 11.1 Å². The minimum Gasteiger partial charge on any atom is -0.451 e. The Morgan fingerprint density at radius 2 is 1.52 bits per heavy atom. The highest BCUT2D eigenvalue weighted by molar-refractivity contribution is 6.02. The number of hydrogen-bond acceptors (Lipinski definition) is 5. The average molecular weight is 439 g/mol. The van der Waals surface area contributed by atoms with Crippen LogP contribution in [0.2, 0.25) is 0 Å². The van der Waals surface area contributed by atoms with E-state index in [1.165, 1.54) is 10.2 Å². The molecule has 7 heteroatoms. The Labute approximate surface area is 189 Å². The Morgan fingerprint density at radius 3 is 2.30 bits per heavy atom. The van der Waals surface area contributed by atoms with Crippen molar-refractivity contribution in [2.24, 2.45) is 0 Å². The summed E-state index contributed by atoms with van der Waals surface area (Å²) < 4.78 is 6.54. The van der Waals surface area contributed by atoms with Crippen LogP contribution in [0.15, 0.2) is 83.7 Å². The number of para-hydroxylation sites is 1. The molecule has 5 rings (SSSR count). The molecule has 0 fully saturated rings. The zero-order valence-electron chi connectivity index (χ0n) is 17.8. The van der Waals surface area contributed by atoms with Crippen LogP contribution in [-0.2, 0) is 22.5 Å². The van der Waals surface area contributed by atoms with E-state index < -0.39 is 5.97 Å². The Balaban J connectivity index is 1.39. The number of hydrogen-bond donors (Lipinski definition) is 0. The summed E-state index contributed by atoms with van der Waals surface area (Å²) in [6.07, 6.45) is 0.768.